The standard InChI is InChI=1S/C29H32N2O3/c1-6-19(2)20-10-15-26-25(17-20)31-28(34-26)21-8-7-9-23(16-21)30-27(32)18-33-24-13-11-22(12-14-24)29(3,4)5/h7-17,19H,6,18H2,1-5H3,(H,30,32). The van der Waals surface area contributed by atoms with Crippen LogP contribution in [0.4, 0.5) is 5.69 Å². The fourth-order valence-electron chi connectivity index (χ4n) is 3.74. The molecule has 0 fully saturated rings. The van der Waals surface area contributed by atoms with E-state index in [1.165, 1.54) is 11.1 Å². The molecule has 0 saturated heterocycles. The summed E-state index contributed by atoms with van der Waals surface area (Å²) in [4.78, 5) is 17.1. The Morgan fingerprint density at radius 1 is 1.06 bits per heavy atom. The van der Waals surface area contributed by atoms with Crippen molar-refractivity contribution in [1.82, 2.24) is 4.98 Å². The molecule has 1 unspecified atom stereocenters. The number of nitrogens with one attached hydrogen (secondary N) is 1. The lowest BCUT2D eigenvalue weighted by atomic mass is 9.87. The van der Waals surface area contributed by atoms with Crippen LogP contribution in [0, 0.1) is 0 Å². The van der Waals surface area contributed by atoms with E-state index in [1.54, 1.807) is 0 Å². The monoisotopic (exact) mass is 456 g/mol. The normalized spacial score (nSPS) is 12.5. The number of fused-ring (bicyclic) bond motifs is 1. The first kappa shape index (κ1) is 23.6. The van der Waals surface area contributed by atoms with Crippen LogP contribution in [-0.4, -0.2) is 17.5 Å². The molecule has 4 aromatic rings. The average Bonchev–Trinajstić information content (AvgIpc) is 3.26. The third-order valence-corrected chi connectivity index (χ3v) is 6.08. The van der Waals surface area contributed by atoms with E-state index in [0.29, 0.717) is 23.2 Å². The van der Waals surface area contributed by atoms with Gasteiger partial charge in [-0.1, -0.05) is 58.9 Å². The molecular weight excluding hydrogens is 424 g/mol. The largest absolute Gasteiger partial charge is 0.484 e. The van der Waals surface area contributed by atoms with E-state index in [1.807, 2.05) is 54.6 Å². The molecule has 5 nitrogen and oxygen atoms in total. The molecular formula is C29H32N2O3. The number of amides is 1. The van der Waals surface area contributed by atoms with Gasteiger partial charge < -0.3 is 14.5 Å². The van der Waals surface area contributed by atoms with E-state index in [-0.39, 0.29) is 17.9 Å². The molecule has 1 heterocycles. The number of aromatic nitrogens is 1. The van der Waals surface area contributed by atoms with Crippen LogP contribution in [0.3, 0.4) is 0 Å². The molecule has 0 radical (unpaired) electrons. The third kappa shape index (κ3) is 5.48. The van der Waals surface area contributed by atoms with Crippen molar-refractivity contribution in [2.24, 2.45) is 0 Å². The Bertz CT molecular complexity index is 1280. The Hall–Kier alpha value is -3.60. The van der Waals surface area contributed by atoms with Gasteiger partial charge in [-0.3, -0.25) is 4.79 Å². The highest BCUT2D eigenvalue weighted by Crippen LogP contribution is 2.29. The lowest BCUT2D eigenvalue weighted by Crippen LogP contribution is -2.20. The molecule has 0 spiro atoms. The van der Waals surface area contributed by atoms with Gasteiger partial charge in [0.1, 0.15) is 11.3 Å². The molecule has 1 N–H and O–H groups in total. The molecule has 3 aromatic carbocycles. The summed E-state index contributed by atoms with van der Waals surface area (Å²) in [7, 11) is 0. The predicted octanol–water partition coefficient (Wildman–Crippen LogP) is 7.32. The van der Waals surface area contributed by atoms with Crippen LogP contribution in [-0.2, 0) is 10.2 Å². The highest BCUT2D eigenvalue weighted by Gasteiger charge is 2.14. The van der Waals surface area contributed by atoms with Gasteiger partial charge in [0.25, 0.3) is 5.91 Å². The van der Waals surface area contributed by atoms with Gasteiger partial charge >= 0.3 is 0 Å². The van der Waals surface area contributed by atoms with Gasteiger partial charge in [0.2, 0.25) is 5.89 Å². The van der Waals surface area contributed by atoms with Crippen molar-refractivity contribution in [3.63, 3.8) is 0 Å². The van der Waals surface area contributed by atoms with Crippen LogP contribution in [0.2, 0.25) is 0 Å². The van der Waals surface area contributed by atoms with Gasteiger partial charge in [0.05, 0.1) is 0 Å². The summed E-state index contributed by atoms with van der Waals surface area (Å²) in [6.45, 7) is 10.8. The minimum atomic E-state index is -0.229. The molecule has 0 aliphatic heterocycles. The Morgan fingerprint density at radius 3 is 2.53 bits per heavy atom. The van der Waals surface area contributed by atoms with Crippen LogP contribution in [0.25, 0.3) is 22.6 Å². The number of hydrogen-bond donors (Lipinski definition) is 1. The van der Waals surface area contributed by atoms with E-state index < -0.39 is 0 Å². The fraction of sp³-hybridized carbons (Fsp3) is 0.310. The molecule has 0 bridgehead atoms. The molecule has 1 atom stereocenters. The van der Waals surface area contributed by atoms with Crippen LogP contribution in [0.5, 0.6) is 5.75 Å². The SMILES string of the molecule is CCC(C)c1ccc2oc(-c3cccc(NC(=O)COc4ccc(C(C)(C)C)cc4)c3)nc2c1. The molecule has 176 valence electrons. The average molecular weight is 457 g/mol. The zero-order chi connectivity index (χ0) is 24.3. The van der Waals surface area contributed by atoms with Crippen molar-refractivity contribution < 1.29 is 13.9 Å². The van der Waals surface area contributed by atoms with Gasteiger partial charge in [-0.2, -0.15) is 0 Å². The van der Waals surface area contributed by atoms with E-state index in [0.717, 1.165) is 23.1 Å². The maximum atomic E-state index is 12.5. The van der Waals surface area contributed by atoms with E-state index in [2.05, 4.69) is 57.1 Å². The summed E-state index contributed by atoms with van der Waals surface area (Å²) in [6.07, 6.45) is 1.07. The van der Waals surface area contributed by atoms with Crippen molar-refractivity contribution >= 4 is 22.7 Å². The number of carbonyl (C=O) groups excluding carboxylic acids is 1. The number of anilines is 1. The van der Waals surface area contributed by atoms with Crippen molar-refractivity contribution in [2.45, 2.75) is 52.4 Å². The smallest absolute Gasteiger partial charge is 0.262 e. The quantitative estimate of drug-likeness (QED) is 0.316. The lowest BCUT2D eigenvalue weighted by Gasteiger charge is -2.19. The summed E-state index contributed by atoms with van der Waals surface area (Å²) >= 11 is 0. The van der Waals surface area contributed by atoms with Crippen molar-refractivity contribution in [3.8, 4) is 17.2 Å². The zero-order valence-corrected chi connectivity index (χ0v) is 20.5. The third-order valence-electron chi connectivity index (χ3n) is 6.08. The lowest BCUT2D eigenvalue weighted by molar-refractivity contribution is -0.118. The first-order valence-corrected chi connectivity index (χ1v) is 11.8. The summed E-state index contributed by atoms with van der Waals surface area (Å²) in [5, 5.41) is 2.89. The highest BCUT2D eigenvalue weighted by molar-refractivity contribution is 5.92. The second-order valence-electron chi connectivity index (χ2n) is 9.75. The van der Waals surface area contributed by atoms with E-state index >= 15 is 0 Å². The number of nitrogens with zero attached hydrogens (tertiary/aromatic N) is 1. The Kier molecular flexibility index (Phi) is 6.73. The Morgan fingerprint density at radius 2 is 1.82 bits per heavy atom. The zero-order valence-electron chi connectivity index (χ0n) is 20.5. The number of rotatable bonds is 7. The fourth-order valence-corrected chi connectivity index (χ4v) is 3.74. The van der Waals surface area contributed by atoms with Gasteiger partial charge in [0.15, 0.2) is 12.2 Å². The van der Waals surface area contributed by atoms with Crippen molar-refractivity contribution in [2.75, 3.05) is 11.9 Å². The topological polar surface area (TPSA) is 64.4 Å². The summed E-state index contributed by atoms with van der Waals surface area (Å²) in [6, 6.07) is 21.5. The molecule has 0 aliphatic rings. The van der Waals surface area contributed by atoms with E-state index in [4.69, 9.17) is 9.15 Å². The minimum Gasteiger partial charge on any atom is -0.484 e. The second-order valence-corrected chi connectivity index (χ2v) is 9.75. The number of oxazole rings is 1. The van der Waals surface area contributed by atoms with Gasteiger partial charge in [0, 0.05) is 11.3 Å². The molecule has 1 aromatic heterocycles. The summed E-state index contributed by atoms with van der Waals surface area (Å²) in [5.41, 5.74) is 5.61. The molecule has 4 rings (SSSR count). The van der Waals surface area contributed by atoms with Gasteiger partial charge in [-0.25, -0.2) is 4.98 Å². The number of hydrogen-bond acceptors (Lipinski definition) is 4. The molecule has 1 amide bonds. The van der Waals surface area contributed by atoms with Crippen LogP contribution in [0.1, 0.15) is 58.1 Å². The second kappa shape index (κ2) is 9.72. The highest BCUT2D eigenvalue weighted by atomic mass is 16.5. The van der Waals surface area contributed by atoms with Crippen LogP contribution in [0.15, 0.2) is 71.1 Å². The van der Waals surface area contributed by atoms with Crippen LogP contribution < -0.4 is 10.1 Å². The van der Waals surface area contributed by atoms with Crippen molar-refractivity contribution in [1.29, 1.82) is 0 Å². The van der Waals surface area contributed by atoms with Gasteiger partial charge in [-0.15, -0.1) is 0 Å². The van der Waals surface area contributed by atoms with Gasteiger partial charge in [-0.05, 0) is 71.3 Å². The van der Waals surface area contributed by atoms with E-state index in [9.17, 15) is 4.79 Å². The number of benzene rings is 3. The summed E-state index contributed by atoms with van der Waals surface area (Å²) in [5.74, 6) is 1.44. The maximum absolute atomic E-state index is 12.5. The minimum absolute atomic E-state index is 0.0691. The Labute approximate surface area is 201 Å². The summed E-state index contributed by atoms with van der Waals surface area (Å²) < 4.78 is 11.6. The molecule has 5 heteroatoms. The van der Waals surface area contributed by atoms with Crippen molar-refractivity contribution in [3.05, 3.63) is 77.9 Å². The Balaban J connectivity index is 1.42. The first-order valence-electron chi connectivity index (χ1n) is 11.8. The molecule has 0 aliphatic carbocycles. The maximum Gasteiger partial charge on any atom is 0.262 e. The number of ether oxygens (including phenoxy) is 1. The molecule has 0 saturated carbocycles. The number of carbonyl (C=O) groups is 1. The predicted molar refractivity (Wildman–Crippen MR) is 137 cm³/mol. The first-order chi connectivity index (χ1) is 16.2. The molecule has 34 heavy (non-hydrogen) atoms. The van der Waals surface area contributed by atoms with Crippen LogP contribution >= 0.6 is 0 Å².